The number of ether oxygens (including phenoxy) is 1. The largest absolute Gasteiger partial charge is 0.497 e. The summed E-state index contributed by atoms with van der Waals surface area (Å²) in [5.41, 5.74) is 1.22. The third-order valence-electron chi connectivity index (χ3n) is 4.82. The number of nitrogens with one attached hydrogen (secondary N) is 2. The molecule has 0 bridgehead atoms. The van der Waals surface area contributed by atoms with Crippen molar-refractivity contribution in [3.63, 3.8) is 0 Å². The number of H-pyrrole nitrogens is 1. The number of hydrogen-bond acceptors (Lipinski definition) is 3. The van der Waals surface area contributed by atoms with Gasteiger partial charge in [-0.05, 0) is 37.1 Å². The van der Waals surface area contributed by atoms with Crippen LogP contribution < -0.4 is 10.1 Å². The van der Waals surface area contributed by atoms with Crippen LogP contribution >= 0.6 is 0 Å². The lowest BCUT2D eigenvalue weighted by atomic mass is 9.86. The van der Waals surface area contributed by atoms with Crippen LogP contribution in [0.15, 0.2) is 24.3 Å². The highest BCUT2D eigenvalue weighted by molar-refractivity contribution is 5.98. The molecule has 22 heavy (non-hydrogen) atoms. The Morgan fingerprint density at radius 2 is 2.32 bits per heavy atom. The van der Waals surface area contributed by atoms with E-state index in [4.69, 9.17) is 4.74 Å². The fourth-order valence-corrected chi connectivity index (χ4v) is 3.26. The van der Waals surface area contributed by atoms with E-state index in [1.54, 1.807) is 7.11 Å². The summed E-state index contributed by atoms with van der Waals surface area (Å²) in [7, 11) is 1.62. The second kappa shape index (κ2) is 5.65. The molecule has 0 spiro atoms. The van der Waals surface area contributed by atoms with Crippen molar-refractivity contribution < 1.29 is 14.6 Å². The molecule has 0 radical (unpaired) electrons. The van der Waals surface area contributed by atoms with Gasteiger partial charge in [0.15, 0.2) is 0 Å². The first-order chi connectivity index (χ1) is 10.6. The molecular formula is C17H22N2O3. The predicted octanol–water partition coefficient (Wildman–Crippen LogP) is 2.46. The van der Waals surface area contributed by atoms with E-state index in [0.29, 0.717) is 5.69 Å². The summed E-state index contributed by atoms with van der Waals surface area (Å²) >= 11 is 0. The quantitative estimate of drug-likeness (QED) is 0.812. The van der Waals surface area contributed by atoms with E-state index in [1.807, 2.05) is 31.2 Å². The number of hydrogen-bond donors (Lipinski definition) is 3. The van der Waals surface area contributed by atoms with E-state index >= 15 is 0 Å². The average Bonchev–Trinajstić information content (AvgIpc) is 3.11. The first kappa shape index (κ1) is 14.9. The number of fused-ring (bicyclic) bond motifs is 1. The number of methoxy groups -OCH3 is 1. The molecule has 1 saturated carbocycles. The fraction of sp³-hybridized carbons (Fsp3) is 0.471. The molecule has 1 heterocycles. The van der Waals surface area contributed by atoms with Crippen LogP contribution in [0.5, 0.6) is 5.75 Å². The molecule has 2 atom stereocenters. The molecule has 1 aliphatic carbocycles. The third-order valence-corrected chi connectivity index (χ3v) is 4.82. The van der Waals surface area contributed by atoms with Crippen LogP contribution in [0.4, 0.5) is 0 Å². The molecule has 1 fully saturated rings. The minimum atomic E-state index is -0.217. The standard InChI is InChI=1S/C17H22N2O3/c1-17(10-20)7-3-4-15(17)19-16(21)14-9-11-8-12(22-2)5-6-13(11)18-14/h5-6,8-9,15,18,20H,3-4,7,10H2,1-2H3,(H,19,21)/t15-,17-/m1/s1. The summed E-state index contributed by atoms with van der Waals surface area (Å²) in [6.07, 6.45) is 2.89. The molecule has 1 aromatic heterocycles. The lowest BCUT2D eigenvalue weighted by Crippen LogP contribution is -2.44. The number of aromatic nitrogens is 1. The van der Waals surface area contributed by atoms with Crippen molar-refractivity contribution in [2.45, 2.75) is 32.2 Å². The fourth-order valence-electron chi connectivity index (χ4n) is 3.26. The van der Waals surface area contributed by atoms with Crippen molar-refractivity contribution >= 4 is 16.8 Å². The molecule has 5 nitrogen and oxygen atoms in total. The van der Waals surface area contributed by atoms with Crippen LogP contribution in [0, 0.1) is 5.41 Å². The number of rotatable bonds is 4. The van der Waals surface area contributed by atoms with E-state index < -0.39 is 0 Å². The monoisotopic (exact) mass is 302 g/mol. The zero-order valence-electron chi connectivity index (χ0n) is 13.0. The third kappa shape index (κ3) is 2.57. The van der Waals surface area contributed by atoms with E-state index in [0.717, 1.165) is 35.9 Å². The molecule has 3 N–H and O–H groups in total. The van der Waals surface area contributed by atoms with Gasteiger partial charge in [-0.2, -0.15) is 0 Å². The zero-order chi connectivity index (χ0) is 15.7. The van der Waals surface area contributed by atoms with Crippen molar-refractivity contribution in [3.05, 3.63) is 30.0 Å². The van der Waals surface area contributed by atoms with Crippen molar-refractivity contribution in [1.82, 2.24) is 10.3 Å². The van der Waals surface area contributed by atoms with Gasteiger partial charge in [0.05, 0.1) is 13.7 Å². The molecule has 1 aliphatic rings. The first-order valence-corrected chi connectivity index (χ1v) is 7.64. The minimum absolute atomic E-state index is 0.0194. The Bertz CT molecular complexity index is 694. The van der Waals surface area contributed by atoms with Crippen LogP contribution in [-0.4, -0.2) is 35.8 Å². The second-order valence-electron chi connectivity index (χ2n) is 6.37. The average molecular weight is 302 g/mol. The van der Waals surface area contributed by atoms with E-state index in [-0.39, 0.29) is 24.0 Å². The van der Waals surface area contributed by atoms with Gasteiger partial charge in [-0.15, -0.1) is 0 Å². The molecule has 0 unspecified atom stereocenters. The molecule has 1 aromatic carbocycles. The maximum Gasteiger partial charge on any atom is 0.267 e. The Hall–Kier alpha value is -2.01. The summed E-state index contributed by atoms with van der Waals surface area (Å²) < 4.78 is 5.20. The Morgan fingerprint density at radius 3 is 3.05 bits per heavy atom. The molecular weight excluding hydrogens is 280 g/mol. The summed E-state index contributed by atoms with van der Waals surface area (Å²) in [5, 5.41) is 13.6. The Labute approximate surface area is 129 Å². The zero-order valence-corrected chi connectivity index (χ0v) is 13.0. The minimum Gasteiger partial charge on any atom is -0.497 e. The van der Waals surface area contributed by atoms with E-state index in [1.165, 1.54) is 0 Å². The maximum atomic E-state index is 12.5. The van der Waals surface area contributed by atoms with Crippen LogP contribution in [0.25, 0.3) is 10.9 Å². The van der Waals surface area contributed by atoms with Crippen LogP contribution in [0.3, 0.4) is 0 Å². The first-order valence-electron chi connectivity index (χ1n) is 7.64. The van der Waals surface area contributed by atoms with Crippen molar-refractivity contribution in [2.75, 3.05) is 13.7 Å². The Balaban J connectivity index is 1.80. The summed E-state index contributed by atoms with van der Waals surface area (Å²) in [4.78, 5) is 15.6. The van der Waals surface area contributed by atoms with Gasteiger partial charge in [0.25, 0.3) is 5.91 Å². The molecule has 3 rings (SSSR count). The molecule has 5 heteroatoms. The normalized spacial score (nSPS) is 24.6. The molecule has 0 aliphatic heterocycles. The number of benzene rings is 1. The van der Waals surface area contributed by atoms with E-state index in [2.05, 4.69) is 10.3 Å². The number of amides is 1. The van der Waals surface area contributed by atoms with Crippen molar-refractivity contribution in [3.8, 4) is 5.75 Å². The summed E-state index contributed by atoms with van der Waals surface area (Å²) in [5.74, 6) is 0.642. The van der Waals surface area contributed by atoms with Gasteiger partial charge in [-0.25, -0.2) is 0 Å². The van der Waals surface area contributed by atoms with Gasteiger partial charge < -0.3 is 20.1 Å². The van der Waals surface area contributed by atoms with Gasteiger partial charge in [0, 0.05) is 22.4 Å². The number of aromatic amines is 1. The van der Waals surface area contributed by atoms with E-state index in [9.17, 15) is 9.90 Å². The molecule has 2 aromatic rings. The molecule has 0 saturated heterocycles. The van der Waals surface area contributed by atoms with Crippen molar-refractivity contribution in [2.24, 2.45) is 5.41 Å². The highest BCUT2D eigenvalue weighted by atomic mass is 16.5. The van der Waals surface area contributed by atoms with Crippen LogP contribution in [0.1, 0.15) is 36.7 Å². The summed E-state index contributed by atoms with van der Waals surface area (Å²) in [6, 6.07) is 7.51. The Morgan fingerprint density at radius 1 is 1.50 bits per heavy atom. The van der Waals surface area contributed by atoms with Gasteiger partial charge in [-0.3, -0.25) is 4.79 Å². The molecule has 1 amide bonds. The number of carbonyl (C=O) groups excluding carboxylic acids is 1. The Kier molecular flexibility index (Phi) is 3.83. The molecule has 118 valence electrons. The number of carbonyl (C=O) groups is 1. The lowest BCUT2D eigenvalue weighted by Gasteiger charge is -2.29. The smallest absolute Gasteiger partial charge is 0.267 e. The highest BCUT2D eigenvalue weighted by Gasteiger charge is 2.39. The second-order valence-corrected chi connectivity index (χ2v) is 6.37. The topological polar surface area (TPSA) is 74.4 Å². The van der Waals surface area contributed by atoms with Gasteiger partial charge in [0.2, 0.25) is 0 Å². The van der Waals surface area contributed by atoms with Gasteiger partial charge in [-0.1, -0.05) is 13.3 Å². The van der Waals surface area contributed by atoms with Crippen molar-refractivity contribution in [1.29, 1.82) is 0 Å². The van der Waals surface area contributed by atoms with Gasteiger partial charge >= 0.3 is 0 Å². The van der Waals surface area contributed by atoms with Crippen LogP contribution in [-0.2, 0) is 0 Å². The highest BCUT2D eigenvalue weighted by Crippen LogP contribution is 2.37. The summed E-state index contributed by atoms with van der Waals surface area (Å²) in [6.45, 7) is 2.13. The van der Waals surface area contributed by atoms with Crippen LogP contribution in [0.2, 0.25) is 0 Å². The maximum absolute atomic E-state index is 12.5. The predicted molar refractivity (Wildman–Crippen MR) is 85.1 cm³/mol. The number of aliphatic hydroxyl groups is 1. The number of aliphatic hydroxyl groups excluding tert-OH is 1. The SMILES string of the molecule is COc1ccc2[nH]c(C(=O)N[C@@H]3CCC[C@]3(C)CO)cc2c1. The van der Waals surface area contributed by atoms with Gasteiger partial charge in [0.1, 0.15) is 11.4 Å². The lowest BCUT2D eigenvalue weighted by molar-refractivity contribution is 0.0827.